The van der Waals surface area contributed by atoms with Gasteiger partial charge in [0, 0.05) is 12.8 Å². The SMILES string of the molecule is CCc1nc(CC)n(Cc2ccc(Cl)c(N)c2)n1. The number of benzene rings is 1. The molecule has 1 aromatic heterocycles. The standard InChI is InChI=1S/C13H17ClN4/c1-3-12-16-13(4-2)18(17-12)8-9-5-6-10(14)11(15)7-9/h5-7H,3-4,8,15H2,1-2H3. The first-order valence-corrected chi connectivity index (χ1v) is 6.48. The van der Waals surface area contributed by atoms with Crippen molar-refractivity contribution in [3.05, 3.63) is 40.4 Å². The molecule has 0 fully saturated rings. The maximum Gasteiger partial charge on any atom is 0.150 e. The molecule has 4 nitrogen and oxygen atoms in total. The van der Waals surface area contributed by atoms with Crippen molar-refractivity contribution in [2.45, 2.75) is 33.2 Å². The van der Waals surface area contributed by atoms with Crippen molar-refractivity contribution in [2.24, 2.45) is 0 Å². The van der Waals surface area contributed by atoms with Gasteiger partial charge in [0.05, 0.1) is 17.3 Å². The van der Waals surface area contributed by atoms with Crippen LogP contribution in [0.5, 0.6) is 0 Å². The lowest BCUT2D eigenvalue weighted by Gasteiger charge is -2.06. The molecular weight excluding hydrogens is 248 g/mol. The fourth-order valence-corrected chi connectivity index (χ4v) is 1.95. The van der Waals surface area contributed by atoms with E-state index in [9.17, 15) is 0 Å². The lowest BCUT2D eigenvalue weighted by Crippen LogP contribution is -2.06. The summed E-state index contributed by atoms with van der Waals surface area (Å²) < 4.78 is 1.93. The molecule has 0 aliphatic carbocycles. The summed E-state index contributed by atoms with van der Waals surface area (Å²) in [5.41, 5.74) is 7.48. The van der Waals surface area contributed by atoms with Gasteiger partial charge in [-0.3, -0.25) is 0 Å². The molecule has 1 aromatic carbocycles. The lowest BCUT2D eigenvalue weighted by molar-refractivity contribution is 0.637. The quantitative estimate of drug-likeness (QED) is 0.864. The van der Waals surface area contributed by atoms with Crippen LogP contribution in [0.1, 0.15) is 31.1 Å². The van der Waals surface area contributed by atoms with E-state index in [1.807, 2.05) is 22.9 Å². The monoisotopic (exact) mass is 264 g/mol. The van der Waals surface area contributed by atoms with Gasteiger partial charge >= 0.3 is 0 Å². The van der Waals surface area contributed by atoms with Gasteiger partial charge in [0.25, 0.3) is 0 Å². The van der Waals surface area contributed by atoms with E-state index in [0.29, 0.717) is 17.3 Å². The fourth-order valence-electron chi connectivity index (χ4n) is 1.83. The molecule has 96 valence electrons. The van der Waals surface area contributed by atoms with E-state index in [1.165, 1.54) is 0 Å². The van der Waals surface area contributed by atoms with E-state index < -0.39 is 0 Å². The van der Waals surface area contributed by atoms with Crippen LogP contribution in [0.25, 0.3) is 0 Å². The minimum Gasteiger partial charge on any atom is -0.398 e. The van der Waals surface area contributed by atoms with Gasteiger partial charge in [-0.2, -0.15) is 5.10 Å². The Kier molecular flexibility index (Phi) is 3.87. The van der Waals surface area contributed by atoms with E-state index in [4.69, 9.17) is 17.3 Å². The van der Waals surface area contributed by atoms with Crippen molar-refractivity contribution in [2.75, 3.05) is 5.73 Å². The van der Waals surface area contributed by atoms with E-state index in [-0.39, 0.29) is 0 Å². The van der Waals surface area contributed by atoms with Crippen LogP contribution in [0.15, 0.2) is 18.2 Å². The molecule has 2 rings (SSSR count). The second kappa shape index (κ2) is 5.40. The van der Waals surface area contributed by atoms with E-state index in [0.717, 1.165) is 30.1 Å². The Balaban J connectivity index is 2.27. The fraction of sp³-hybridized carbons (Fsp3) is 0.385. The normalized spacial score (nSPS) is 10.8. The highest BCUT2D eigenvalue weighted by Crippen LogP contribution is 2.20. The van der Waals surface area contributed by atoms with Gasteiger partial charge in [-0.1, -0.05) is 31.5 Å². The molecule has 18 heavy (non-hydrogen) atoms. The molecule has 2 N–H and O–H groups in total. The van der Waals surface area contributed by atoms with Crippen LogP contribution >= 0.6 is 11.6 Å². The second-order valence-electron chi connectivity index (χ2n) is 4.16. The Bertz CT molecular complexity index is 548. The average molecular weight is 265 g/mol. The van der Waals surface area contributed by atoms with Crippen molar-refractivity contribution >= 4 is 17.3 Å². The summed E-state index contributed by atoms with van der Waals surface area (Å²) in [6.07, 6.45) is 1.72. The number of anilines is 1. The van der Waals surface area contributed by atoms with Gasteiger partial charge in [0.15, 0.2) is 5.82 Å². The number of aryl methyl sites for hydroxylation is 2. The van der Waals surface area contributed by atoms with Gasteiger partial charge in [0.1, 0.15) is 5.82 Å². The third kappa shape index (κ3) is 2.64. The van der Waals surface area contributed by atoms with Crippen LogP contribution in [0.4, 0.5) is 5.69 Å². The summed E-state index contributed by atoms with van der Waals surface area (Å²) in [7, 11) is 0. The van der Waals surface area contributed by atoms with Crippen LogP contribution in [-0.4, -0.2) is 14.8 Å². The Morgan fingerprint density at radius 1 is 1.28 bits per heavy atom. The molecule has 0 saturated carbocycles. The summed E-state index contributed by atoms with van der Waals surface area (Å²) in [6, 6.07) is 5.66. The summed E-state index contributed by atoms with van der Waals surface area (Å²) in [5.74, 6) is 1.88. The molecule has 0 aliphatic heterocycles. The molecule has 0 bridgehead atoms. The highest BCUT2D eigenvalue weighted by atomic mass is 35.5. The van der Waals surface area contributed by atoms with Crippen LogP contribution in [0, 0.1) is 0 Å². The summed E-state index contributed by atoms with van der Waals surface area (Å²) in [6.45, 7) is 4.81. The summed E-state index contributed by atoms with van der Waals surface area (Å²) in [4.78, 5) is 4.48. The zero-order valence-corrected chi connectivity index (χ0v) is 11.4. The molecule has 0 saturated heterocycles. The van der Waals surface area contributed by atoms with Crippen LogP contribution < -0.4 is 5.73 Å². The van der Waals surface area contributed by atoms with E-state index in [2.05, 4.69) is 23.9 Å². The minimum atomic E-state index is 0.585. The number of nitrogens with two attached hydrogens (primary N) is 1. The topological polar surface area (TPSA) is 56.7 Å². The number of hydrogen-bond donors (Lipinski definition) is 1. The maximum atomic E-state index is 5.91. The maximum absolute atomic E-state index is 5.91. The van der Waals surface area contributed by atoms with Crippen molar-refractivity contribution in [1.29, 1.82) is 0 Å². The zero-order chi connectivity index (χ0) is 13.1. The average Bonchev–Trinajstić information content (AvgIpc) is 2.76. The van der Waals surface area contributed by atoms with Crippen LogP contribution in [-0.2, 0) is 19.4 Å². The van der Waals surface area contributed by atoms with Gasteiger partial charge in [-0.25, -0.2) is 9.67 Å². The number of nitrogens with zero attached hydrogens (tertiary/aromatic N) is 3. The Hall–Kier alpha value is -1.55. The molecule has 5 heteroatoms. The molecule has 0 aliphatic rings. The van der Waals surface area contributed by atoms with E-state index >= 15 is 0 Å². The number of aromatic nitrogens is 3. The molecular formula is C13H17ClN4. The second-order valence-corrected chi connectivity index (χ2v) is 4.57. The highest BCUT2D eigenvalue weighted by molar-refractivity contribution is 6.33. The number of hydrogen-bond acceptors (Lipinski definition) is 3. The van der Waals surface area contributed by atoms with Crippen molar-refractivity contribution < 1.29 is 0 Å². The third-order valence-electron chi connectivity index (χ3n) is 2.82. The van der Waals surface area contributed by atoms with Crippen molar-refractivity contribution in [3.63, 3.8) is 0 Å². The van der Waals surface area contributed by atoms with Gasteiger partial charge in [-0.05, 0) is 17.7 Å². The van der Waals surface area contributed by atoms with Crippen LogP contribution in [0.2, 0.25) is 5.02 Å². The molecule has 0 amide bonds. The lowest BCUT2D eigenvalue weighted by atomic mass is 10.2. The largest absolute Gasteiger partial charge is 0.398 e. The Morgan fingerprint density at radius 3 is 2.67 bits per heavy atom. The molecule has 0 unspecified atom stereocenters. The minimum absolute atomic E-state index is 0.585. The van der Waals surface area contributed by atoms with Gasteiger partial charge in [-0.15, -0.1) is 0 Å². The molecule has 0 spiro atoms. The zero-order valence-electron chi connectivity index (χ0n) is 10.7. The first kappa shape index (κ1) is 12.9. The predicted octanol–water partition coefficient (Wildman–Crippen LogP) is 2.69. The summed E-state index contributed by atoms with van der Waals surface area (Å²) >= 11 is 5.91. The third-order valence-corrected chi connectivity index (χ3v) is 3.16. The molecule has 0 radical (unpaired) electrons. The van der Waals surface area contributed by atoms with Crippen molar-refractivity contribution in [1.82, 2.24) is 14.8 Å². The smallest absolute Gasteiger partial charge is 0.150 e. The highest BCUT2D eigenvalue weighted by Gasteiger charge is 2.08. The van der Waals surface area contributed by atoms with Crippen molar-refractivity contribution in [3.8, 4) is 0 Å². The van der Waals surface area contributed by atoms with Gasteiger partial charge < -0.3 is 5.73 Å². The van der Waals surface area contributed by atoms with Gasteiger partial charge in [0.2, 0.25) is 0 Å². The Labute approximate surface area is 112 Å². The molecule has 0 atom stereocenters. The van der Waals surface area contributed by atoms with Crippen LogP contribution in [0.3, 0.4) is 0 Å². The predicted molar refractivity (Wildman–Crippen MR) is 73.7 cm³/mol. The Morgan fingerprint density at radius 2 is 2.06 bits per heavy atom. The molecule has 1 heterocycles. The number of nitrogen functional groups attached to an aromatic ring is 1. The summed E-state index contributed by atoms with van der Waals surface area (Å²) in [5, 5.41) is 5.06. The van der Waals surface area contributed by atoms with E-state index in [1.54, 1.807) is 0 Å². The first-order chi connectivity index (χ1) is 8.63. The number of rotatable bonds is 4. The molecule has 2 aromatic rings. The first-order valence-electron chi connectivity index (χ1n) is 6.10. The number of halogens is 1.